The monoisotopic (exact) mass is 178 g/mol. The summed E-state index contributed by atoms with van der Waals surface area (Å²) in [6, 6.07) is 10.5. The molecule has 0 aliphatic heterocycles. The Kier molecular flexibility index (Phi) is 3.42. The zero-order chi connectivity index (χ0) is 8.97. The molecule has 1 rings (SSSR count). The number of hydrogen-bond donors (Lipinski definition) is 0. The summed E-state index contributed by atoms with van der Waals surface area (Å²) in [6.45, 7) is 4.22. The highest BCUT2D eigenvalue weighted by Crippen LogP contribution is 2.18. The first kappa shape index (κ1) is 9.40. The molecule has 1 heteroatoms. The Morgan fingerprint density at radius 3 is 2.42 bits per heavy atom. The summed E-state index contributed by atoms with van der Waals surface area (Å²) in [5, 5.41) is 0. The van der Waals surface area contributed by atoms with Crippen LogP contribution in [0.25, 0.3) is 0 Å². The van der Waals surface area contributed by atoms with Crippen LogP contribution in [0, 0.1) is 0 Å². The van der Waals surface area contributed by atoms with Crippen LogP contribution in [-0.2, 0) is 0 Å². The van der Waals surface area contributed by atoms with Gasteiger partial charge in [0.05, 0.1) is 0 Å². The van der Waals surface area contributed by atoms with Gasteiger partial charge < -0.3 is 0 Å². The van der Waals surface area contributed by atoms with Gasteiger partial charge in [-0.25, -0.2) is 0 Å². The molecule has 0 radical (unpaired) electrons. The second kappa shape index (κ2) is 4.36. The molecule has 0 heterocycles. The Labute approximate surface area is 79.6 Å². The lowest BCUT2D eigenvalue weighted by molar-refractivity contribution is 0.809. The van der Waals surface area contributed by atoms with E-state index in [2.05, 4.69) is 31.2 Å². The highest BCUT2D eigenvalue weighted by atomic mass is 32.1. The maximum absolute atomic E-state index is 5.07. The van der Waals surface area contributed by atoms with Crippen molar-refractivity contribution in [2.45, 2.75) is 26.2 Å². The normalized spacial score (nSPS) is 12.5. The van der Waals surface area contributed by atoms with Gasteiger partial charge in [0.1, 0.15) is 0 Å². The molecule has 1 aromatic carbocycles. The van der Waals surface area contributed by atoms with Crippen molar-refractivity contribution in [3.05, 3.63) is 35.9 Å². The number of rotatable bonds is 3. The summed E-state index contributed by atoms with van der Waals surface area (Å²) in [7, 11) is 0. The van der Waals surface area contributed by atoms with Crippen molar-refractivity contribution < 1.29 is 0 Å². The SMILES string of the molecule is CC(=S)C[C@@H](C)c1ccccc1. The molecule has 0 aliphatic carbocycles. The third-order valence-corrected chi connectivity index (χ3v) is 2.13. The quantitative estimate of drug-likeness (QED) is 0.638. The van der Waals surface area contributed by atoms with E-state index in [9.17, 15) is 0 Å². The number of hydrogen-bond acceptors (Lipinski definition) is 1. The van der Waals surface area contributed by atoms with Crippen LogP contribution in [0.2, 0.25) is 0 Å². The van der Waals surface area contributed by atoms with Gasteiger partial charge in [-0.3, -0.25) is 0 Å². The van der Waals surface area contributed by atoms with Crippen LogP contribution >= 0.6 is 12.2 Å². The van der Waals surface area contributed by atoms with E-state index in [-0.39, 0.29) is 0 Å². The number of benzene rings is 1. The topological polar surface area (TPSA) is 0 Å². The maximum Gasteiger partial charge on any atom is -0.00965 e. The van der Waals surface area contributed by atoms with E-state index in [0.717, 1.165) is 11.3 Å². The third kappa shape index (κ3) is 2.74. The molecule has 0 spiro atoms. The summed E-state index contributed by atoms with van der Waals surface area (Å²) >= 11 is 5.07. The molecule has 0 aromatic heterocycles. The standard InChI is InChI=1S/C11H14S/c1-9(8-10(2)12)11-6-4-3-5-7-11/h3-7,9H,8H2,1-2H3/t9-/m1/s1. The van der Waals surface area contributed by atoms with E-state index in [1.54, 1.807) is 0 Å². The van der Waals surface area contributed by atoms with Crippen molar-refractivity contribution in [2.24, 2.45) is 0 Å². The van der Waals surface area contributed by atoms with Gasteiger partial charge in [0, 0.05) is 0 Å². The molecule has 0 fully saturated rings. The molecule has 0 unspecified atom stereocenters. The summed E-state index contributed by atoms with van der Waals surface area (Å²) in [5.74, 6) is 0.559. The Balaban J connectivity index is 2.65. The van der Waals surface area contributed by atoms with Crippen molar-refractivity contribution in [3.8, 4) is 0 Å². The van der Waals surface area contributed by atoms with Crippen LogP contribution in [0.4, 0.5) is 0 Å². The third-order valence-electron chi connectivity index (χ3n) is 1.96. The molecule has 0 saturated heterocycles. The second-order valence-electron chi connectivity index (χ2n) is 3.22. The molecular formula is C11H14S. The predicted molar refractivity (Wildman–Crippen MR) is 57.7 cm³/mol. The first-order valence-corrected chi connectivity index (χ1v) is 4.65. The summed E-state index contributed by atoms with van der Waals surface area (Å²) in [5.41, 5.74) is 1.38. The molecular weight excluding hydrogens is 164 g/mol. The van der Waals surface area contributed by atoms with Crippen LogP contribution in [0.15, 0.2) is 30.3 Å². The van der Waals surface area contributed by atoms with Crippen LogP contribution in [-0.4, -0.2) is 4.86 Å². The summed E-state index contributed by atoms with van der Waals surface area (Å²) in [4.78, 5) is 1.09. The smallest absolute Gasteiger partial charge is 0.00965 e. The van der Waals surface area contributed by atoms with Crippen molar-refractivity contribution >= 4 is 17.1 Å². The highest BCUT2D eigenvalue weighted by molar-refractivity contribution is 7.80. The fraction of sp³-hybridized carbons (Fsp3) is 0.364. The van der Waals surface area contributed by atoms with E-state index in [0.29, 0.717) is 5.92 Å². The number of thiocarbonyl (C=S) groups is 1. The molecule has 0 nitrogen and oxygen atoms in total. The summed E-state index contributed by atoms with van der Waals surface area (Å²) in [6.07, 6.45) is 1.01. The lowest BCUT2D eigenvalue weighted by Crippen LogP contribution is -1.97. The lowest BCUT2D eigenvalue weighted by atomic mass is 9.97. The zero-order valence-electron chi connectivity index (χ0n) is 7.58. The second-order valence-corrected chi connectivity index (χ2v) is 3.91. The van der Waals surface area contributed by atoms with Crippen molar-refractivity contribution in [1.29, 1.82) is 0 Å². The van der Waals surface area contributed by atoms with E-state index in [1.807, 2.05) is 13.0 Å². The highest BCUT2D eigenvalue weighted by Gasteiger charge is 2.04. The van der Waals surface area contributed by atoms with Gasteiger partial charge in [-0.15, -0.1) is 0 Å². The van der Waals surface area contributed by atoms with Gasteiger partial charge in [0.25, 0.3) is 0 Å². The van der Waals surface area contributed by atoms with E-state index >= 15 is 0 Å². The minimum Gasteiger partial charge on any atom is -0.0900 e. The average molecular weight is 178 g/mol. The van der Waals surface area contributed by atoms with Crippen molar-refractivity contribution in [2.75, 3.05) is 0 Å². The van der Waals surface area contributed by atoms with Crippen molar-refractivity contribution in [1.82, 2.24) is 0 Å². The molecule has 0 N–H and O–H groups in total. The molecule has 1 atom stereocenters. The molecule has 0 bridgehead atoms. The Hall–Kier alpha value is -0.690. The molecule has 1 aromatic rings. The molecule has 0 amide bonds. The first-order chi connectivity index (χ1) is 5.70. The van der Waals surface area contributed by atoms with Gasteiger partial charge in [-0.1, -0.05) is 49.5 Å². The van der Waals surface area contributed by atoms with Gasteiger partial charge in [0.2, 0.25) is 0 Å². The Bertz CT molecular complexity index is 251. The fourth-order valence-electron chi connectivity index (χ4n) is 1.33. The Morgan fingerprint density at radius 1 is 1.33 bits per heavy atom. The predicted octanol–water partition coefficient (Wildman–Crippen LogP) is 3.57. The molecule has 64 valence electrons. The summed E-state index contributed by atoms with van der Waals surface area (Å²) < 4.78 is 0. The minimum absolute atomic E-state index is 0.559. The van der Waals surface area contributed by atoms with Crippen LogP contribution in [0.1, 0.15) is 31.7 Å². The molecule has 0 saturated carbocycles. The van der Waals surface area contributed by atoms with Crippen molar-refractivity contribution in [3.63, 3.8) is 0 Å². The van der Waals surface area contributed by atoms with E-state index < -0.39 is 0 Å². The van der Waals surface area contributed by atoms with Crippen LogP contribution in [0.3, 0.4) is 0 Å². The lowest BCUT2D eigenvalue weighted by Gasteiger charge is -2.09. The van der Waals surface area contributed by atoms with E-state index in [4.69, 9.17) is 12.2 Å². The maximum atomic E-state index is 5.07. The Morgan fingerprint density at radius 2 is 1.92 bits per heavy atom. The first-order valence-electron chi connectivity index (χ1n) is 4.24. The molecule has 12 heavy (non-hydrogen) atoms. The van der Waals surface area contributed by atoms with Crippen LogP contribution < -0.4 is 0 Å². The zero-order valence-corrected chi connectivity index (χ0v) is 8.40. The fourth-order valence-corrected chi connectivity index (χ4v) is 1.58. The van der Waals surface area contributed by atoms with E-state index in [1.165, 1.54) is 5.56 Å². The van der Waals surface area contributed by atoms with Crippen LogP contribution in [0.5, 0.6) is 0 Å². The van der Waals surface area contributed by atoms with Gasteiger partial charge in [0.15, 0.2) is 0 Å². The largest absolute Gasteiger partial charge is 0.0900 e. The van der Waals surface area contributed by atoms with Gasteiger partial charge in [-0.2, -0.15) is 0 Å². The average Bonchev–Trinajstić information content (AvgIpc) is 2.05. The van der Waals surface area contributed by atoms with Gasteiger partial charge >= 0.3 is 0 Å². The van der Waals surface area contributed by atoms with Gasteiger partial charge in [-0.05, 0) is 29.7 Å². The molecule has 0 aliphatic rings. The minimum atomic E-state index is 0.559.